The molecule has 0 bridgehead atoms. The number of ether oxygens (including phenoxy) is 1. The summed E-state index contributed by atoms with van der Waals surface area (Å²) < 4.78 is 5.40. The standard InChI is InChI=1S/C20H18Cl2N6O2/c21-13-5-6-16(14(22)9-13)30-10-17(29)26-27-19-18(23)20(25-11-24-19)28-8-7-12-3-1-2-4-15(12)28/h1-6,9,11H,7-8,10,23H2,(H,26,29)(H,24,25,27). The fourth-order valence-electron chi connectivity index (χ4n) is 3.16. The molecule has 10 heteroatoms. The van der Waals surface area contributed by atoms with Crippen LogP contribution in [0, 0.1) is 0 Å². The molecule has 0 unspecified atom stereocenters. The first kappa shape index (κ1) is 20.1. The van der Waals surface area contributed by atoms with Gasteiger partial charge in [-0.1, -0.05) is 41.4 Å². The molecule has 8 nitrogen and oxygen atoms in total. The second-order valence-electron chi connectivity index (χ2n) is 6.53. The molecule has 0 aliphatic carbocycles. The summed E-state index contributed by atoms with van der Waals surface area (Å²) in [7, 11) is 0. The van der Waals surface area contributed by atoms with Gasteiger partial charge in [-0.2, -0.15) is 0 Å². The molecule has 1 aliphatic rings. The maximum absolute atomic E-state index is 12.1. The lowest BCUT2D eigenvalue weighted by atomic mass is 10.2. The number of hydrogen-bond donors (Lipinski definition) is 3. The Hall–Kier alpha value is -3.23. The van der Waals surface area contributed by atoms with E-state index in [1.165, 1.54) is 18.0 Å². The number of amides is 1. The SMILES string of the molecule is Nc1c(NNC(=O)COc2ccc(Cl)cc2Cl)ncnc1N1CCc2ccccc21. The first-order chi connectivity index (χ1) is 14.5. The minimum absolute atomic E-state index is 0.258. The molecule has 4 rings (SSSR count). The van der Waals surface area contributed by atoms with Crippen molar-refractivity contribution in [3.8, 4) is 5.75 Å². The summed E-state index contributed by atoms with van der Waals surface area (Å²) in [5.41, 5.74) is 14.1. The van der Waals surface area contributed by atoms with Crippen molar-refractivity contribution in [2.75, 3.05) is 29.2 Å². The number of nitrogen functional groups attached to an aromatic ring is 1. The second-order valence-corrected chi connectivity index (χ2v) is 7.37. The van der Waals surface area contributed by atoms with Crippen molar-refractivity contribution in [1.29, 1.82) is 0 Å². The highest BCUT2D eigenvalue weighted by atomic mass is 35.5. The number of aromatic nitrogens is 2. The average Bonchev–Trinajstić information content (AvgIpc) is 3.16. The summed E-state index contributed by atoms with van der Waals surface area (Å²) in [6.07, 6.45) is 2.30. The second kappa shape index (κ2) is 8.64. The van der Waals surface area contributed by atoms with E-state index in [9.17, 15) is 4.79 Å². The number of para-hydroxylation sites is 1. The Bertz CT molecular complexity index is 1090. The third-order valence-corrected chi connectivity index (χ3v) is 5.11. The molecule has 30 heavy (non-hydrogen) atoms. The van der Waals surface area contributed by atoms with Crippen LogP contribution in [0.1, 0.15) is 5.56 Å². The Kier molecular flexibility index (Phi) is 5.78. The molecule has 154 valence electrons. The van der Waals surface area contributed by atoms with Crippen molar-refractivity contribution < 1.29 is 9.53 Å². The van der Waals surface area contributed by atoms with Gasteiger partial charge in [0.1, 0.15) is 17.8 Å². The van der Waals surface area contributed by atoms with E-state index in [1.807, 2.05) is 23.1 Å². The van der Waals surface area contributed by atoms with Crippen LogP contribution in [0.25, 0.3) is 0 Å². The van der Waals surface area contributed by atoms with Gasteiger partial charge >= 0.3 is 0 Å². The molecular weight excluding hydrogens is 427 g/mol. The zero-order valence-electron chi connectivity index (χ0n) is 15.7. The molecule has 2 aromatic carbocycles. The number of nitrogens with two attached hydrogens (primary N) is 1. The van der Waals surface area contributed by atoms with Gasteiger partial charge in [0, 0.05) is 17.3 Å². The van der Waals surface area contributed by atoms with Gasteiger partial charge in [0.2, 0.25) is 0 Å². The zero-order valence-corrected chi connectivity index (χ0v) is 17.2. The lowest BCUT2D eigenvalue weighted by Gasteiger charge is -2.21. The van der Waals surface area contributed by atoms with Gasteiger partial charge in [0.15, 0.2) is 18.2 Å². The highest BCUT2D eigenvalue weighted by Crippen LogP contribution is 2.37. The van der Waals surface area contributed by atoms with Crippen LogP contribution in [0.3, 0.4) is 0 Å². The highest BCUT2D eigenvalue weighted by Gasteiger charge is 2.24. The van der Waals surface area contributed by atoms with Gasteiger partial charge in [-0.15, -0.1) is 0 Å². The molecule has 4 N–H and O–H groups in total. The molecule has 0 radical (unpaired) electrons. The molecule has 0 spiro atoms. The zero-order chi connectivity index (χ0) is 21.1. The van der Waals surface area contributed by atoms with Crippen LogP contribution in [0.2, 0.25) is 10.0 Å². The van der Waals surface area contributed by atoms with Crippen LogP contribution in [0.4, 0.5) is 23.0 Å². The van der Waals surface area contributed by atoms with Crippen LogP contribution in [0.5, 0.6) is 5.75 Å². The predicted molar refractivity (Wildman–Crippen MR) is 117 cm³/mol. The molecule has 2 heterocycles. The molecular formula is C20H18Cl2N6O2. The van der Waals surface area contributed by atoms with Crippen LogP contribution >= 0.6 is 23.2 Å². The van der Waals surface area contributed by atoms with Crippen molar-refractivity contribution in [3.63, 3.8) is 0 Å². The van der Waals surface area contributed by atoms with Crippen LogP contribution < -0.4 is 26.2 Å². The summed E-state index contributed by atoms with van der Waals surface area (Å²) in [5, 5.41) is 0.799. The van der Waals surface area contributed by atoms with Crippen molar-refractivity contribution in [3.05, 3.63) is 64.4 Å². The molecule has 3 aromatic rings. The lowest BCUT2D eigenvalue weighted by Crippen LogP contribution is -2.34. The minimum Gasteiger partial charge on any atom is -0.482 e. The van der Waals surface area contributed by atoms with E-state index in [2.05, 4.69) is 26.9 Å². The summed E-state index contributed by atoms with van der Waals surface area (Å²) in [5.74, 6) is 0.790. The van der Waals surface area contributed by atoms with Crippen LogP contribution in [-0.4, -0.2) is 29.0 Å². The quantitative estimate of drug-likeness (QED) is 0.498. The number of benzene rings is 2. The number of halogens is 2. The number of hydrazine groups is 1. The predicted octanol–water partition coefficient (Wildman–Crippen LogP) is 3.58. The molecule has 1 aromatic heterocycles. The largest absolute Gasteiger partial charge is 0.482 e. The van der Waals surface area contributed by atoms with Gasteiger partial charge in [-0.05, 0) is 36.2 Å². The normalized spacial score (nSPS) is 12.4. The number of anilines is 4. The van der Waals surface area contributed by atoms with Crippen molar-refractivity contribution >= 4 is 52.1 Å². The topological polar surface area (TPSA) is 105 Å². The minimum atomic E-state index is -0.438. The number of rotatable bonds is 6. The molecule has 1 amide bonds. The number of nitrogens with one attached hydrogen (secondary N) is 2. The van der Waals surface area contributed by atoms with Gasteiger partial charge in [0.05, 0.1) is 5.02 Å². The Morgan fingerprint density at radius 3 is 2.87 bits per heavy atom. The number of carbonyl (C=O) groups excluding carboxylic acids is 1. The molecule has 0 fully saturated rings. The van der Waals surface area contributed by atoms with Crippen molar-refractivity contribution in [2.24, 2.45) is 0 Å². The highest BCUT2D eigenvalue weighted by molar-refractivity contribution is 6.35. The first-order valence-corrected chi connectivity index (χ1v) is 9.87. The van der Waals surface area contributed by atoms with Gasteiger partial charge < -0.3 is 15.4 Å². The van der Waals surface area contributed by atoms with Crippen LogP contribution in [-0.2, 0) is 11.2 Å². The Labute approximate surface area is 182 Å². The maximum atomic E-state index is 12.1. The summed E-state index contributed by atoms with van der Waals surface area (Å²) >= 11 is 11.9. The van der Waals surface area contributed by atoms with E-state index in [0.29, 0.717) is 33.1 Å². The summed E-state index contributed by atoms with van der Waals surface area (Å²) in [4.78, 5) is 22.6. The fourth-order valence-corrected chi connectivity index (χ4v) is 3.62. The smallest absolute Gasteiger partial charge is 0.276 e. The number of nitrogens with zero attached hydrogens (tertiary/aromatic N) is 3. The summed E-state index contributed by atoms with van der Waals surface area (Å²) in [6, 6.07) is 12.8. The van der Waals surface area contributed by atoms with E-state index in [1.54, 1.807) is 12.1 Å². The molecule has 0 saturated carbocycles. The molecule has 0 atom stereocenters. The van der Waals surface area contributed by atoms with Crippen molar-refractivity contribution in [2.45, 2.75) is 6.42 Å². The number of carbonyl (C=O) groups is 1. The Morgan fingerprint density at radius 2 is 2.03 bits per heavy atom. The Balaban J connectivity index is 1.40. The van der Waals surface area contributed by atoms with E-state index in [-0.39, 0.29) is 6.61 Å². The van der Waals surface area contributed by atoms with E-state index < -0.39 is 5.91 Å². The van der Waals surface area contributed by atoms with Crippen molar-refractivity contribution in [1.82, 2.24) is 15.4 Å². The number of hydrogen-bond acceptors (Lipinski definition) is 7. The van der Waals surface area contributed by atoms with Gasteiger partial charge in [-0.25, -0.2) is 9.97 Å². The van der Waals surface area contributed by atoms with E-state index >= 15 is 0 Å². The molecule has 1 aliphatic heterocycles. The third kappa shape index (κ3) is 4.19. The monoisotopic (exact) mass is 444 g/mol. The van der Waals surface area contributed by atoms with E-state index in [4.69, 9.17) is 33.7 Å². The lowest BCUT2D eigenvalue weighted by molar-refractivity contribution is -0.122. The maximum Gasteiger partial charge on any atom is 0.276 e. The third-order valence-electron chi connectivity index (χ3n) is 4.58. The number of fused-ring (bicyclic) bond motifs is 1. The molecule has 0 saturated heterocycles. The van der Waals surface area contributed by atoms with Gasteiger partial charge in [-0.3, -0.25) is 15.6 Å². The average molecular weight is 445 g/mol. The fraction of sp³-hybridized carbons (Fsp3) is 0.150. The van der Waals surface area contributed by atoms with Crippen LogP contribution in [0.15, 0.2) is 48.8 Å². The van der Waals surface area contributed by atoms with Gasteiger partial charge in [0.25, 0.3) is 5.91 Å². The first-order valence-electron chi connectivity index (χ1n) is 9.11. The Morgan fingerprint density at radius 1 is 1.20 bits per heavy atom. The van der Waals surface area contributed by atoms with E-state index in [0.717, 1.165) is 18.7 Å². The summed E-state index contributed by atoms with van der Waals surface area (Å²) in [6.45, 7) is 0.508.